The van der Waals surface area contributed by atoms with Crippen molar-refractivity contribution in [1.82, 2.24) is 0 Å². The van der Waals surface area contributed by atoms with Crippen molar-refractivity contribution >= 4 is 27.8 Å². The van der Waals surface area contributed by atoms with E-state index in [0.717, 1.165) is 11.5 Å². The van der Waals surface area contributed by atoms with Crippen LogP contribution in [0.5, 0.6) is 5.75 Å². The standard InChI is InChI=1S/C13H22N2O2S/c1-6-9(16)12-10(14)11(17-8(3)4)13(18-12)15(5)7-2/h8H,6-7,14H2,1-5H3. The molecule has 0 aliphatic rings. The van der Waals surface area contributed by atoms with Crippen LogP contribution in [-0.4, -0.2) is 25.5 Å². The molecule has 0 radical (unpaired) electrons. The van der Waals surface area contributed by atoms with E-state index in [1.54, 1.807) is 0 Å². The van der Waals surface area contributed by atoms with E-state index in [4.69, 9.17) is 10.5 Å². The summed E-state index contributed by atoms with van der Waals surface area (Å²) in [6, 6.07) is 0. The van der Waals surface area contributed by atoms with Crippen molar-refractivity contribution in [1.29, 1.82) is 0 Å². The molecule has 4 nitrogen and oxygen atoms in total. The lowest BCUT2D eigenvalue weighted by molar-refractivity contribution is 0.0992. The predicted molar refractivity (Wildman–Crippen MR) is 78.1 cm³/mol. The zero-order valence-corrected chi connectivity index (χ0v) is 12.6. The number of carbonyl (C=O) groups excluding carboxylic acids is 1. The van der Waals surface area contributed by atoms with Crippen LogP contribution < -0.4 is 15.4 Å². The molecule has 5 heteroatoms. The van der Waals surface area contributed by atoms with E-state index in [2.05, 4.69) is 6.92 Å². The summed E-state index contributed by atoms with van der Waals surface area (Å²) in [5.41, 5.74) is 6.54. The number of ether oxygens (including phenoxy) is 1. The van der Waals surface area contributed by atoms with Crippen LogP contribution in [0.15, 0.2) is 0 Å². The SMILES string of the molecule is CCC(=O)c1sc(N(C)CC)c(OC(C)C)c1N. The average Bonchev–Trinajstić information content (AvgIpc) is 2.65. The fourth-order valence-corrected chi connectivity index (χ4v) is 2.72. The number of rotatable bonds is 6. The predicted octanol–water partition coefficient (Wildman–Crippen LogP) is 3.17. The van der Waals surface area contributed by atoms with Gasteiger partial charge in [-0.2, -0.15) is 0 Å². The van der Waals surface area contributed by atoms with Gasteiger partial charge in [0.1, 0.15) is 5.00 Å². The number of hydrogen-bond donors (Lipinski definition) is 1. The number of thiophene rings is 1. The average molecular weight is 270 g/mol. The lowest BCUT2D eigenvalue weighted by atomic mass is 10.2. The quantitative estimate of drug-likeness (QED) is 0.807. The van der Waals surface area contributed by atoms with E-state index < -0.39 is 0 Å². The Hall–Kier alpha value is -1.23. The summed E-state index contributed by atoms with van der Waals surface area (Å²) >= 11 is 1.42. The third kappa shape index (κ3) is 2.96. The van der Waals surface area contributed by atoms with E-state index in [1.807, 2.05) is 32.7 Å². The molecular weight excluding hydrogens is 248 g/mol. The van der Waals surface area contributed by atoms with Crippen molar-refractivity contribution < 1.29 is 9.53 Å². The van der Waals surface area contributed by atoms with E-state index >= 15 is 0 Å². The van der Waals surface area contributed by atoms with E-state index in [1.165, 1.54) is 11.3 Å². The minimum atomic E-state index is 0.0375. The monoisotopic (exact) mass is 270 g/mol. The second kappa shape index (κ2) is 6.09. The Morgan fingerprint density at radius 3 is 2.50 bits per heavy atom. The number of nitrogens with zero attached hydrogens (tertiary/aromatic N) is 1. The van der Waals surface area contributed by atoms with E-state index in [0.29, 0.717) is 22.7 Å². The highest BCUT2D eigenvalue weighted by atomic mass is 32.1. The van der Waals surface area contributed by atoms with Crippen LogP contribution in [0.1, 0.15) is 43.8 Å². The lowest BCUT2D eigenvalue weighted by Crippen LogP contribution is -2.16. The maximum absolute atomic E-state index is 11.9. The molecule has 1 aromatic rings. The fraction of sp³-hybridized carbons (Fsp3) is 0.615. The molecule has 0 bridgehead atoms. The van der Waals surface area contributed by atoms with Gasteiger partial charge in [0.2, 0.25) is 0 Å². The molecule has 0 amide bonds. The Kier molecular flexibility index (Phi) is 5.02. The molecule has 102 valence electrons. The Bertz CT molecular complexity index is 427. The highest BCUT2D eigenvalue weighted by molar-refractivity contribution is 7.19. The summed E-state index contributed by atoms with van der Waals surface area (Å²) in [7, 11) is 1.97. The van der Waals surface area contributed by atoms with Gasteiger partial charge in [0.25, 0.3) is 0 Å². The number of Topliss-reactive ketones (excluding diaryl/α,β-unsaturated/α-hetero) is 1. The molecule has 0 aliphatic heterocycles. The number of carbonyl (C=O) groups is 1. The number of anilines is 2. The minimum Gasteiger partial charge on any atom is -0.486 e. The molecular formula is C13H22N2O2S. The first kappa shape index (κ1) is 14.8. The lowest BCUT2D eigenvalue weighted by Gasteiger charge is -2.18. The first-order valence-corrected chi connectivity index (χ1v) is 7.07. The summed E-state index contributed by atoms with van der Waals surface area (Å²) in [5.74, 6) is 0.720. The summed E-state index contributed by atoms with van der Waals surface area (Å²) in [6.07, 6.45) is 0.497. The number of hydrogen-bond acceptors (Lipinski definition) is 5. The molecule has 0 unspecified atom stereocenters. The van der Waals surface area contributed by atoms with Crippen LogP contribution in [0.4, 0.5) is 10.7 Å². The van der Waals surface area contributed by atoms with Crippen LogP contribution in [0.25, 0.3) is 0 Å². The van der Waals surface area contributed by atoms with Gasteiger partial charge in [0.15, 0.2) is 11.5 Å². The summed E-state index contributed by atoms with van der Waals surface area (Å²) in [4.78, 5) is 14.5. The Labute approximate surface area is 113 Å². The van der Waals surface area contributed by atoms with Crippen molar-refractivity contribution in [3.05, 3.63) is 4.88 Å². The van der Waals surface area contributed by atoms with Crippen LogP contribution >= 0.6 is 11.3 Å². The summed E-state index contributed by atoms with van der Waals surface area (Å²) < 4.78 is 5.77. The van der Waals surface area contributed by atoms with E-state index in [-0.39, 0.29) is 11.9 Å². The van der Waals surface area contributed by atoms with Crippen LogP contribution in [0.3, 0.4) is 0 Å². The molecule has 0 fully saturated rings. The molecule has 0 atom stereocenters. The van der Waals surface area contributed by atoms with Gasteiger partial charge in [-0.1, -0.05) is 6.92 Å². The third-order valence-corrected chi connectivity index (χ3v) is 3.97. The number of nitrogen functional groups attached to an aromatic ring is 1. The Balaban J connectivity index is 3.26. The fourth-order valence-electron chi connectivity index (χ4n) is 1.53. The second-order valence-corrected chi connectivity index (χ2v) is 5.44. The summed E-state index contributed by atoms with van der Waals surface area (Å²) in [5, 5.41) is 0.931. The van der Waals surface area contributed by atoms with Gasteiger partial charge in [-0.15, -0.1) is 11.3 Å². The maximum Gasteiger partial charge on any atom is 0.177 e. The smallest absolute Gasteiger partial charge is 0.177 e. The first-order valence-electron chi connectivity index (χ1n) is 6.25. The molecule has 1 aromatic heterocycles. The molecule has 0 saturated carbocycles. The molecule has 18 heavy (non-hydrogen) atoms. The van der Waals surface area contributed by atoms with Gasteiger partial charge in [0, 0.05) is 20.0 Å². The van der Waals surface area contributed by atoms with Gasteiger partial charge in [0.05, 0.1) is 16.7 Å². The zero-order chi connectivity index (χ0) is 13.9. The molecule has 1 rings (SSSR count). The Morgan fingerprint density at radius 1 is 1.44 bits per heavy atom. The number of nitrogens with two attached hydrogens (primary N) is 1. The zero-order valence-electron chi connectivity index (χ0n) is 11.7. The maximum atomic E-state index is 11.9. The molecule has 2 N–H and O–H groups in total. The van der Waals surface area contributed by atoms with Crippen molar-refractivity contribution in [3.63, 3.8) is 0 Å². The van der Waals surface area contributed by atoms with Crippen molar-refractivity contribution in [2.75, 3.05) is 24.2 Å². The first-order chi connectivity index (χ1) is 8.42. The summed E-state index contributed by atoms with van der Waals surface area (Å²) in [6.45, 7) is 8.64. The largest absolute Gasteiger partial charge is 0.486 e. The number of ketones is 1. The van der Waals surface area contributed by atoms with Crippen molar-refractivity contribution in [2.24, 2.45) is 0 Å². The molecule has 0 aliphatic carbocycles. The topological polar surface area (TPSA) is 55.6 Å². The van der Waals surface area contributed by atoms with Gasteiger partial charge >= 0.3 is 0 Å². The molecule has 0 saturated heterocycles. The molecule has 0 spiro atoms. The van der Waals surface area contributed by atoms with Crippen LogP contribution in [0, 0.1) is 0 Å². The highest BCUT2D eigenvalue weighted by Gasteiger charge is 2.23. The highest BCUT2D eigenvalue weighted by Crippen LogP contribution is 2.45. The van der Waals surface area contributed by atoms with Crippen molar-refractivity contribution in [3.8, 4) is 5.75 Å². The van der Waals surface area contributed by atoms with Gasteiger partial charge in [-0.05, 0) is 20.8 Å². The van der Waals surface area contributed by atoms with Gasteiger partial charge in [-0.25, -0.2) is 0 Å². The normalized spacial score (nSPS) is 10.8. The Morgan fingerprint density at radius 2 is 2.06 bits per heavy atom. The van der Waals surface area contributed by atoms with E-state index in [9.17, 15) is 4.79 Å². The molecule has 1 heterocycles. The molecule has 0 aromatic carbocycles. The minimum absolute atomic E-state index is 0.0375. The van der Waals surface area contributed by atoms with Crippen LogP contribution in [-0.2, 0) is 0 Å². The van der Waals surface area contributed by atoms with Crippen molar-refractivity contribution in [2.45, 2.75) is 40.2 Å². The van der Waals surface area contributed by atoms with Crippen LogP contribution in [0.2, 0.25) is 0 Å². The van der Waals surface area contributed by atoms with Gasteiger partial charge < -0.3 is 15.4 Å². The second-order valence-electron chi connectivity index (χ2n) is 4.44. The third-order valence-electron chi connectivity index (χ3n) is 2.63. The van der Waals surface area contributed by atoms with Gasteiger partial charge in [-0.3, -0.25) is 4.79 Å².